The van der Waals surface area contributed by atoms with Gasteiger partial charge < -0.3 is 15.0 Å². The first kappa shape index (κ1) is 18.8. The maximum absolute atomic E-state index is 13.1. The minimum atomic E-state index is -0.437. The van der Waals surface area contributed by atoms with Crippen molar-refractivity contribution in [2.45, 2.75) is 37.8 Å². The lowest BCUT2D eigenvalue weighted by Gasteiger charge is -2.38. The number of Topliss-reactive ketones (excluding diaryl/α,β-unsaturated/α-hetero) is 1. The number of allylic oxidation sites excluding steroid dienone is 2. The number of aromatic nitrogens is 2. The van der Waals surface area contributed by atoms with Crippen LogP contribution in [0.4, 0.5) is 5.82 Å². The van der Waals surface area contributed by atoms with E-state index in [1.807, 2.05) is 30.5 Å². The van der Waals surface area contributed by atoms with Gasteiger partial charge in [0.2, 0.25) is 0 Å². The van der Waals surface area contributed by atoms with Crippen molar-refractivity contribution in [3.63, 3.8) is 0 Å². The van der Waals surface area contributed by atoms with Crippen LogP contribution in [0.1, 0.15) is 43.7 Å². The highest BCUT2D eigenvalue weighted by molar-refractivity contribution is 7.98. The van der Waals surface area contributed by atoms with Crippen molar-refractivity contribution >= 4 is 23.4 Å². The molecule has 0 unspecified atom stereocenters. The molecule has 1 aliphatic carbocycles. The molecule has 0 bridgehead atoms. The van der Waals surface area contributed by atoms with E-state index in [1.54, 1.807) is 7.11 Å². The topological polar surface area (TPSA) is 84.1 Å². The van der Waals surface area contributed by atoms with Crippen LogP contribution in [0.3, 0.4) is 0 Å². The number of fused-ring (bicyclic) bond motifs is 1. The van der Waals surface area contributed by atoms with Crippen molar-refractivity contribution < 1.29 is 9.53 Å². The maximum atomic E-state index is 13.1. The van der Waals surface area contributed by atoms with Gasteiger partial charge in [0.15, 0.2) is 10.9 Å². The average Bonchev–Trinajstić information content (AvgIpc) is 2.65. The first-order valence-corrected chi connectivity index (χ1v) is 10.4. The van der Waals surface area contributed by atoms with Gasteiger partial charge >= 0.3 is 0 Å². The molecule has 1 aromatic heterocycles. The van der Waals surface area contributed by atoms with Crippen LogP contribution in [0.15, 0.2) is 45.5 Å². The summed E-state index contributed by atoms with van der Waals surface area (Å²) in [6.45, 7) is 4.18. The van der Waals surface area contributed by atoms with Crippen molar-refractivity contribution in [2.24, 2.45) is 5.41 Å². The SMILES string of the molecule is COc1ccc([C@@H]2C3=C(CC(C)(C)CC3=O)Nc3nc(SC)[nH]c(=O)c32)cc1. The Balaban J connectivity index is 1.95. The van der Waals surface area contributed by atoms with Crippen LogP contribution in [0.5, 0.6) is 5.75 Å². The Kier molecular flexibility index (Phi) is 4.57. The van der Waals surface area contributed by atoms with Gasteiger partial charge in [-0.1, -0.05) is 37.7 Å². The van der Waals surface area contributed by atoms with E-state index in [4.69, 9.17) is 4.74 Å². The number of rotatable bonds is 3. The molecular weight excluding hydrogens is 374 g/mol. The highest BCUT2D eigenvalue weighted by Crippen LogP contribution is 2.47. The van der Waals surface area contributed by atoms with Gasteiger partial charge in [-0.15, -0.1) is 0 Å². The van der Waals surface area contributed by atoms with Gasteiger partial charge in [0.25, 0.3) is 5.56 Å². The minimum Gasteiger partial charge on any atom is -0.497 e. The van der Waals surface area contributed by atoms with E-state index in [0.717, 1.165) is 23.4 Å². The minimum absolute atomic E-state index is 0.0820. The van der Waals surface area contributed by atoms with Gasteiger partial charge in [-0.05, 0) is 35.8 Å². The Morgan fingerprint density at radius 2 is 1.89 bits per heavy atom. The molecule has 4 rings (SSSR count). The average molecular weight is 398 g/mol. The number of anilines is 1. The predicted octanol–water partition coefficient (Wildman–Crippen LogP) is 3.70. The Hall–Kier alpha value is -2.54. The molecule has 2 aromatic rings. The lowest BCUT2D eigenvalue weighted by Crippen LogP contribution is -2.37. The largest absolute Gasteiger partial charge is 0.497 e. The molecule has 0 saturated heterocycles. The van der Waals surface area contributed by atoms with Gasteiger partial charge in [-0.3, -0.25) is 9.59 Å². The number of hydrogen-bond acceptors (Lipinski definition) is 6. The van der Waals surface area contributed by atoms with Crippen molar-refractivity contribution in [3.05, 3.63) is 57.0 Å². The molecule has 2 N–H and O–H groups in total. The zero-order chi connectivity index (χ0) is 20.1. The number of benzene rings is 1. The summed E-state index contributed by atoms with van der Waals surface area (Å²) in [5.74, 6) is 0.914. The molecule has 1 aromatic carbocycles. The number of ketones is 1. The number of nitrogens with one attached hydrogen (secondary N) is 2. The number of thioether (sulfide) groups is 1. The second-order valence-corrected chi connectivity index (χ2v) is 8.80. The number of aromatic amines is 1. The molecular formula is C21H23N3O3S. The predicted molar refractivity (Wildman–Crippen MR) is 110 cm³/mol. The first-order valence-electron chi connectivity index (χ1n) is 9.18. The summed E-state index contributed by atoms with van der Waals surface area (Å²) in [5, 5.41) is 3.86. The molecule has 146 valence electrons. The van der Waals surface area contributed by atoms with Gasteiger partial charge in [0.1, 0.15) is 11.6 Å². The second kappa shape index (κ2) is 6.81. The standard InChI is InChI=1S/C21H23N3O3S/c1-21(2)9-13-16(14(25)10-21)15(11-5-7-12(27-3)8-6-11)17-18(22-13)23-20(28-4)24-19(17)26/h5-8,15H,9-10H2,1-4H3,(H2,22,23,24,26)/t15-/m1/s1. The smallest absolute Gasteiger partial charge is 0.257 e. The van der Waals surface area contributed by atoms with Gasteiger partial charge in [0.05, 0.1) is 12.7 Å². The Morgan fingerprint density at radius 3 is 2.54 bits per heavy atom. The summed E-state index contributed by atoms with van der Waals surface area (Å²) in [6, 6.07) is 7.54. The molecule has 2 heterocycles. The number of carbonyl (C=O) groups excluding carboxylic acids is 1. The molecule has 6 nitrogen and oxygen atoms in total. The third kappa shape index (κ3) is 3.13. The number of hydrogen-bond donors (Lipinski definition) is 2. The summed E-state index contributed by atoms with van der Waals surface area (Å²) in [7, 11) is 1.61. The van der Waals surface area contributed by atoms with Crippen molar-refractivity contribution in [1.29, 1.82) is 0 Å². The Labute approximate surface area is 167 Å². The van der Waals surface area contributed by atoms with Gasteiger partial charge in [-0.2, -0.15) is 0 Å². The fourth-order valence-electron chi connectivity index (χ4n) is 4.12. The molecule has 1 atom stereocenters. The number of ether oxygens (including phenoxy) is 1. The zero-order valence-corrected chi connectivity index (χ0v) is 17.2. The summed E-state index contributed by atoms with van der Waals surface area (Å²) in [4.78, 5) is 33.5. The Morgan fingerprint density at radius 1 is 1.18 bits per heavy atom. The van der Waals surface area contributed by atoms with Crippen LogP contribution < -0.4 is 15.6 Å². The van der Waals surface area contributed by atoms with E-state index in [2.05, 4.69) is 29.1 Å². The van der Waals surface area contributed by atoms with Gasteiger partial charge in [-0.25, -0.2) is 4.98 Å². The molecule has 7 heteroatoms. The quantitative estimate of drug-likeness (QED) is 0.607. The number of nitrogens with zero attached hydrogens (tertiary/aromatic N) is 1. The third-order valence-corrected chi connectivity index (χ3v) is 5.92. The van der Waals surface area contributed by atoms with E-state index >= 15 is 0 Å². The molecule has 2 aliphatic rings. The van der Waals surface area contributed by atoms with Crippen LogP contribution in [-0.4, -0.2) is 29.1 Å². The van der Waals surface area contributed by atoms with Crippen molar-refractivity contribution in [1.82, 2.24) is 9.97 Å². The fourth-order valence-corrected chi connectivity index (χ4v) is 4.50. The van der Waals surface area contributed by atoms with Crippen LogP contribution in [0, 0.1) is 5.41 Å². The van der Waals surface area contributed by atoms with Crippen LogP contribution >= 0.6 is 11.8 Å². The number of carbonyl (C=O) groups is 1. The Bertz CT molecular complexity index is 1040. The molecule has 28 heavy (non-hydrogen) atoms. The summed E-state index contributed by atoms with van der Waals surface area (Å²) < 4.78 is 5.26. The van der Waals surface area contributed by atoms with E-state index in [1.165, 1.54) is 11.8 Å². The maximum Gasteiger partial charge on any atom is 0.257 e. The lowest BCUT2D eigenvalue weighted by atomic mass is 9.69. The normalized spacial score (nSPS) is 20.3. The highest BCUT2D eigenvalue weighted by Gasteiger charge is 2.42. The fraction of sp³-hybridized carbons (Fsp3) is 0.381. The van der Waals surface area contributed by atoms with E-state index in [9.17, 15) is 9.59 Å². The summed E-state index contributed by atoms with van der Waals surface area (Å²) >= 11 is 1.38. The first-order chi connectivity index (χ1) is 13.3. The highest BCUT2D eigenvalue weighted by atomic mass is 32.2. The zero-order valence-electron chi connectivity index (χ0n) is 16.4. The van der Waals surface area contributed by atoms with E-state index in [-0.39, 0.29) is 16.8 Å². The summed E-state index contributed by atoms with van der Waals surface area (Å²) in [6.07, 6.45) is 3.07. The number of methoxy groups -OCH3 is 1. The van der Waals surface area contributed by atoms with Gasteiger partial charge in [0, 0.05) is 23.6 Å². The molecule has 0 saturated carbocycles. The molecule has 0 fully saturated rings. The van der Waals surface area contributed by atoms with E-state index in [0.29, 0.717) is 28.5 Å². The van der Waals surface area contributed by atoms with Crippen molar-refractivity contribution in [2.75, 3.05) is 18.7 Å². The monoisotopic (exact) mass is 397 g/mol. The number of H-pyrrole nitrogens is 1. The van der Waals surface area contributed by atoms with Crippen LogP contribution in [0.25, 0.3) is 0 Å². The van der Waals surface area contributed by atoms with Crippen LogP contribution in [0.2, 0.25) is 0 Å². The van der Waals surface area contributed by atoms with Crippen LogP contribution in [-0.2, 0) is 4.79 Å². The third-order valence-electron chi connectivity index (χ3n) is 5.34. The van der Waals surface area contributed by atoms with E-state index < -0.39 is 5.92 Å². The molecule has 0 radical (unpaired) electrons. The molecule has 0 spiro atoms. The molecule has 1 aliphatic heterocycles. The summed E-state index contributed by atoms with van der Waals surface area (Å²) in [5.41, 5.74) is 2.59. The van der Waals surface area contributed by atoms with Crippen molar-refractivity contribution in [3.8, 4) is 5.75 Å². The second-order valence-electron chi connectivity index (χ2n) is 8.00. The lowest BCUT2D eigenvalue weighted by molar-refractivity contribution is -0.118. The molecule has 0 amide bonds.